The molecule has 1 fully saturated rings. The molecule has 0 saturated heterocycles. The first-order valence-corrected chi connectivity index (χ1v) is 10.4. The number of fused-ring (bicyclic) bond motifs is 3. The number of alkyl halides is 6. The van der Waals surface area contributed by atoms with Gasteiger partial charge in [-0.15, -0.1) is 10.2 Å². The van der Waals surface area contributed by atoms with Crippen LogP contribution in [0, 0.1) is 28.9 Å². The first-order valence-electron chi connectivity index (χ1n) is 10.4. The van der Waals surface area contributed by atoms with E-state index in [0.29, 0.717) is 4.90 Å². The molecule has 0 atom stereocenters. The Morgan fingerprint density at radius 2 is 1.72 bits per heavy atom. The second kappa shape index (κ2) is 8.04. The molecule has 2 aromatic heterocycles. The summed E-state index contributed by atoms with van der Waals surface area (Å²) < 4.78 is 110. The van der Waals surface area contributed by atoms with Crippen LogP contribution in [0.25, 0.3) is 16.7 Å². The van der Waals surface area contributed by atoms with Crippen LogP contribution < -0.4 is 4.90 Å². The monoisotopic (exact) mass is 511 g/mol. The van der Waals surface area contributed by atoms with Crippen LogP contribution in [-0.4, -0.2) is 38.5 Å². The minimum Gasteiger partial charge on any atom is -0.316 e. The van der Waals surface area contributed by atoms with E-state index in [9.17, 15) is 35.1 Å². The largest absolute Gasteiger partial charge is 0.406 e. The molecule has 0 aliphatic heterocycles. The van der Waals surface area contributed by atoms with E-state index in [1.807, 2.05) is 0 Å². The Labute approximate surface area is 197 Å². The smallest absolute Gasteiger partial charge is 0.316 e. The van der Waals surface area contributed by atoms with Crippen LogP contribution in [0.4, 0.5) is 46.6 Å². The summed E-state index contributed by atoms with van der Waals surface area (Å²) in [5.41, 5.74) is -2.63. The zero-order valence-electron chi connectivity index (χ0n) is 17.9. The van der Waals surface area contributed by atoms with Gasteiger partial charge in [-0.25, -0.2) is 8.78 Å². The lowest BCUT2D eigenvalue weighted by atomic mass is 10.1. The molecule has 0 N–H and O–H groups in total. The second-order valence-corrected chi connectivity index (χ2v) is 8.33. The highest BCUT2D eigenvalue weighted by Crippen LogP contribution is 2.57. The molecular formula is C23H13F8N5. The minimum atomic E-state index is -4.83. The molecule has 0 amide bonds. The van der Waals surface area contributed by atoms with Crippen molar-refractivity contribution in [3.05, 3.63) is 59.9 Å². The zero-order chi connectivity index (χ0) is 25.9. The Hall–Kier alpha value is -3.95. The lowest BCUT2D eigenvalue weighted by molar-refractivity contribution is -0.168. The topological polar surface area (TPSA) is 46.3 Å². The number of aromatic nitrogens is 4. The quantitative estimate of drug-likeness (QED) is 0.252. The van der Waals surface area contributed by atoms with E-state index in [0.717, 1.165) is 30.3 Å². The van der Waals surface area contributed by atoms with Crippen molar-refractivity contribution < 1.29 is 35.1 Å². The van der Waals surface area contributed by atoms with Crippen molar-refractivity contribution in [3.8, 4) is 11.8 Å². The van der Waals surface area contributed by atoms with Gasteiger partial charge in [-0.05, 0) is 49.2 Å². The summed E-state index contributed by atoms with van der Waals surface area (Å²) in [5, 5.41) is 7.35. The number of hydrogen-bond acceptors (Lipinski definition) is 4. The van der Waals surface area contributed by atoms with Crippen molar-refractivity contribution in [2.75, 3.05) is 11.4 Å². The Balaban J connectivity index is 1.69. The minimum absolute atomic E-state index is 0.0579. The normalized spacial score (nSPS) is 15.1. The Morgan fingerprint density at radius 3 is 2.39 bits per heavy atom. The molecule has 1 saturated carbocycles. The summed E-state index contributed by atoms with van der Waals surface area (Å²) >= 11 is 0. The molecule has 1 aliphatic carbocycles. The lowest BCUT2D eigenvalue weighted by Crippen LogP contribution is -2.31. The van der Waals surface area contributed by atoms with Crippen LogP contribution >= 0.6 is 0 Å². The number of benzene rings is 2. The first-order chi connectivity index (χ1) is 16.9. The Kier molecular flexibility index (Phi) is 5.31. The molecule has 0 radical (unpaired) electrons. The van der Waals surface area contributed by atoms with E-state index >= 15 is 0 Å². The molecule has 0 bridgehead atoms. The fraction of sp³-hybridized carbons (Fsp3) is 0.261. The van der Waals surface area contributed by atoms with Gasteiger partial charge in [0.05, 0.1) is 5.52 Å². The van der Waals surface area contributed by atoms with Gasteiger partial charge in [-0.3, -0.25) is 4.40 Å². The summed E-state index contributed by atoms with van der Waals surface area (Å²) in [6.45, 7) is -1.67. The van der Waals surface area contributed by atoms with Crippen LogP contribution in [0.15, 0.2) is 42.7 Å². The van der Waals surface area contributed by atoms with E-state index in [4.69, 9.17) is 0 Å². The van der Waals surface area contributed by atoms with Gasteiger partial charge in [0.25, 0.3) is 5.78 Å². The average Bonchev–Trinajstić information content (AvgIpc) is 3.44. The van der Waals surface area contributed by atoms with Crippen LogP contribution in [0.1, 0.15) is 18.4 Å². The highest BCUT2D eigenvalue weighted by atomic mass is 19.4. The first kappa shape index (κ1) is 23.8. The van der Waals surface area contributed by atoms with Gasteiger partial charge in [-0.2, -0.15) is 31.3 Å². The fourth-order valence-corrected chi connectivity index (χ4v) is 3.80. The molecule has 5 rings (SSSR count). The van der Waals surface area contributed by atoms with Crippen molar-refractivity contribution in [3.63, 3.8) is 0 Å². The van der Waals surface area contributed by atoms with Crippen LogP contribution in [0.3, 0.4) is 0 Å². The third-order valence-corrected chi connectivity index (χ3v) is 5.72. The van der Waals surface area contributed by atoms with Gasteiger partial charge in [0.2, 0.25) is 0 Å². The van der Waals surface area contributed by atoms with E-state index in [1.165, 1.54) is 16.8 Å². The maximum Gasteiger partial charge on any atom is 0.406 e. The third-order valence-electron chi connectivity index (χ3n) is 5.72. The molecule has 5 nitrogen and oxygen atoms in total. The summed E-state index contributed by atoms with van der Waals surface area (Å²) in [4.78, 5) is 4.68. The van der Waals surface area contributed by atoms with Gasteiger partial charge in [-0.1, -0.05) is 11.8 Å². The molecule has 2 aromatic carbocycles. The van der Waals surface area contributed by atoms with Gasteiger partial charge in [0.15, 0.2) is 0 Å². The molecule has 1 aliphatic rings. The maximum absolute atomic E-state index is 14.5. The molecule has 4 aromatic rings. The van der Waals surface area contributed by atoms with Gasteiger partial charge in [0, 0.05) is 16.6 Å². The SMILES string of the molecule is Fc1cc(C#CC2(C(F)(F)F)CC2)cc(N(CC(F)(F)F)c2nc3nncn3c3ccc(F)cc23)c1. The van der Waals surface area contributed by atoms with E-state index in [1.54, 1.807) is 0 Å². The average molecular weight is 511 g/mol. The van der Waals surface area contributed by atoms with E-state index in [2.05, 4.69) is 27.0 Å². The highest BCUT2D eigenvalue weighted by molar-refractivity contribution is 5.93. The van der Waals surface area contributed by atoms with Crippen molar-refractivity contribution in [2.45, 2.75) is 25.2 Å². The molecule has 0 unspecified atom stereocenters. The highest BCUT2D eigenvalue weighted by Gasteiger charge is 2.62. The van der Waals surface area contributed by atoms with E-state index in [-0.39, 0.29) is 35.1 Å². The molecule has 36 heavy (non-hydrogen) atoms. The lowest BCUT2D eigenvalue weighted by Gasteiger charge is -2.26. The number of anilines is 2. The van der Waals surface area contributed by atoms with Gasteiger partial charge < -0.3 is 4.90 Å². The predicted molar refractivity (Wildman–Crippen MR) is 112 cm³/mol. The third kappa shape index (κ3) is 4.38. The molecule has 13 heteroatoms. The van der Waals surface area contributed by atoms with Crippen molar-refractivity contribution >= 4 is 28.2 Å². The maximum atomic E-state index is 14.5. The molecule has 2 heterocycles. The van der Waals surface area contributed by atoms with Crippen molar-refractivity contribution in [1.82, 2.24) is 19.6 Å². The summed E-state index contributed by atoms with van der Waals surface area (Å²) in [6.07, 6.45) is -8.60. The van der Waals surface area contributed by atoms with Crippen LogP contribution in [0.2, 0.25) is 0 Å². The van der Waals surface area contributed by atoms with E-state index < -0.39 is 47.5 Å². The Morgan fingerprint density at radius 1 is 0.972 bits per heavy atom. The molecular weight excluding hydrogens is 498 g/mol. The number of halogens is 8. The number of nitrogens with zero attached hydrogens (tertiary/aromatic N) is 5. The van der Waals surface area contributed by atoms with Crippen molar-refractivity contribution in [2.24, 2.45) is 5.41 Å². The summed E-state index contributed by atoms with van der Waals surface area (Å²) in [6, 6.07) is 5.95. The van der Waals surface area contributed by atoms with Gasteiger partial charge in [0.1, 0.15) is 35.7 Å². The number of rotatable bonds is 3. The standard InChI is InChI=1S/C23H13F8N5/c24-14-1-2-18-17(10-14)19(33-20-34-32-12-36(18)20)35(11-22(26,27)28)16-8-13(7-15(25)9-16)3-4-21(5-6-21)23(29,30)31/h1-2,7-10,12H,5-6,11H2. The van der Waals surface area contributed by atoms with Crippen LogP contribution in [-0.2, 0) is 0 Å². The van der Waals surface area contributed by atoms with Gasteiger partial charge >= 0.3 is 12.4 Å². The zero-order valence-corrected chi connectivity index (χ0v) is 17.9. The van der Waals surface area contributed by atoms with Crippen LogP contribution in [0.5, 0.6) is 0 Å². The predicted octanol–water partition coefficient (Wildman–Crippen LogP) is 5.95. The summed E-state index contributed by atoms with van der Waals surface area (Å²) in [5.74, 6) is 2.05. The van der Waals surface area contributed by atoms with Crippen molar-refractivity contribution in [1.29, 1.82) is 0 Å². The molecule has 186 valence electrons. The number of hydrogen-bond donors (Lipinski definition) is 0. The molecule has 0 spiro atoms. The Bertz CT molecular complexity index is 1540. The second-order valence-electron chi connectivity index (χ2n) is 8.33. The fourth-order valence-electron chi connectivity index (χ4n) is 3.80. The summed E-state index contributed by atoms with van der Waals surface area (Å²) in [7, 11) is 0.